The van der Waals surface area contributed by atoms with Gasteiger partial charge in [-0.25, -0.2) is 18.2 Å². The lowest BCUT2D eigenvalue weighted by Crippen LogP contribution is -2.22. The summed E-state index contributed by atoms with van der Waals surface area (Å²) in [5.74, 6) is 2.34. The van der Waals surface area contributed by atoms with Crippen LogP contribution in [0.4, 0.5) is 21.9 Å². The van der Waals surface area contributed by atoms with Crippen LogP contribution in [0.3, 0.4) is 0 Å². The maximum absolute atomic E-state index is 13.3. The average molecular weight is 627 g/mol. The third-order valence-electron chi connectivity index (χ3n) is 6.73. The molecule has 0 bridgehead atoms. The smallest absolute Gasteiger partial charge is 0.323 e. The van der Waals surface area contributed by atoms with E-state index in [1.54, 1.807) is 42.6 Å². The molecule has 4 aromatic carbocycles. The number of nitrogens with one attached hydrogen (secondary N) is 3. The average Bonchev–Trinajstić information content (AvgIpc) is 2.98. The molecule has 0 aliphatic carbocycles. The van der Waals surface area contributed by atoms with Crippen molar-refractivity contribution in [3.05, 3.63) is 103 Å². The first-order chi connectivity index (χ1) is 21.4. The Hall–Kier alpha value is -5.29. The molecule has 5 aromatic rings. The molecule has 0 spiro atoms. The third-order valence-corrected chi connectivity index (χ3v) is 7.33. The molecule has 0 saturated heterocycles. The highest BCUT2D eigenvalue weighted by Crippen LogP contribution is 2.40. The van der Waals surface area contributed by atoms with Crippen molar-refractivity contribution in [2.75, 3.05) is 28.7 Å². The van der Waals surface area contributed by atoms with E-state index in [0.29, 0.717) is 34.5 Å². The van der Waals surface area contributed by atoms with Crippen molar-refractivity contribution in [3.8, 4) is 28.9 Å². The number of ether oxygens (including phenoxy) is 3. The highest BCUT2D eigenvalue weighted by atomic mass is 32.2. The van der Waals surface area contributed by atoms with Gasteiger partial charge in [-0.3, -0.25) is 4.72 Å². The van der Waals surface area contributed by atoms with Gasteiger partial charge < -0.3 is 24.8 Å². The molecule has 0 radical (unpaired) electrons. The number of fused-ring (bicyclic) bond motifs is 1. The topological polar surface area (TPSA) is 128 Å². The fraction of sp³-hybridized carbons (Fsp3) is 0.176. The van der Waals surface area contributed by atoms with Gasteiger partial charge in [0.1, 0.15) is 17.2 Å². The predicted octanol–water partition coefficient (Wildman–Crippen LogP) is 8.14. The Morgan fingerprint density at radius 1 is 0.756 bits per heavy atom. The van der Waals surface area contributed by atoms with Crippen molar-refractivity contribution in [2.45, 2.75) is 26.2 Å². The minimum atomic E-state index is -3.61. The number of amides is 2. The summed E-state index contributed by atoms with van der Waals surface area (Å²) in [4.78, 5) is 17.6. The number of urea groups is 1. The van der Waals surface area contributed by atoms with Gasteiger partial charge in [0, 0.05) is 23.0 Å². The first-order valence-corrected chi connectivity index (χ1v) is 16.0. The summed E-state index contributed by atoms with van der Waals surface area (Å²) < 4.78 is 44.2. The zero-order valence-electron chi connectivity index (χ0n) is 25.5. The van der Waals surface area contributed by atoms with E-state index in [-0.39, 0.29) is 16.9 Å². The van der Waals surface area contributed by atoms with E-state index >= 15 is 0 Å². The Labute approximate surface area is 262 Å². The maximum Gasteiger partial charge on any atom is 0.323 e. The van der Waals surface area contributed by atoms with Crippen molar-refractivity contribution in [3.63, 3.8) is 0 Å². The third kappa shape index (κ3) is 7.81. The largest absolute Gasteiger partial charge is 0.492 e. The number of para-hydroxylation sites is 1. The van der Waals surface area contributed by atoms with Gasteiger partial charge in [0.25, 0.3) is 0 Å². The van der Waals surface area contributed by atoms with E-state index in [0.717, 1.165) is 22.6 Å². The number of sulfonamides is 1. The van der Waals surface area contributed by atoms with Crippen molar-refractivity contribution in [1.29, 1.82) is 0 Å². The number of hydrogen-bond acceptors (Lipinski definition) is 7. The highest BCUT2D eigenvalue weighted by molar-refractivity contribution is 7.92. The lowest BCUT2D eigenvalue weighted by molar-refractivity contribution is 0.262. The van der Waals surface area contributed by atoms with E-state index in [2.05, 4.69) is 20.3 Å². The Bertz CT molecular complexity index is 1960. The summed E-state index contributed by atoms with van der Waals surface area (Å²) in [6, 6.07) is 26.8. The van der Waals surface area contributed by atoms with Gasteiger partial charge in [-0.1, -0.05) is 63.2 Å². The van der Waals surface area contributed by atoms with Crippen molar-refractivity contribution >= 4 is 43.9 Å². The molecule has 11 heteroatoms. The van der Waals surface area contributed by atoms with Crippen LogP contribution in [0.5, 0.6) is 28.9 Å². The van der Waals surface area contributed by atoms with Crippen LogP contribution in [0, 0.1) is 0 Å². The lowest BCUT2D eigenvalue weighted by atomic mass is 9.86. The van der Waals surface area contributed by atoms with Gasteiger partial charge >= 0.3 is 6.03 Å². The van der Waals surface area contributed by atoms with Crippen molar-refractivity contribution < 1.29 is 27.4 Å². The zero-order valence-corrected chi connectivity index (χ0v) is 26.4. The van der Waals surface area contributed by atoms with E-state index in [1.807, 2.05) is 75.4 Å². The number of rotatable bonds is 9. The fourth-order valence-corrected chi connectivity index (χ4v) is 5.19. The van der Waals surface area contributed by atoms with E-state index < -0.39 is 16.1 Å². The number of pyridine rings is 1. The molecule has 5 rings (SSSR count). The molecule has 0 fully saturated rings. The zero-order chi connectivity index (χ0) is 32.2. The van der Waals surface area contributed by atoms with Crippen LogP contribution in [0.25, 0.3) is 10.8 Å². The molecule has 0 aliphatic heterocycles. The highest BCUT2D eigenvalue weighted by Gasteiger charge is 2.22. The number of hydrogen-bond donors (Lipinski definition) is 3. The summed E-state index contributed by atoms with van der Waals surface area (Å²) in [6.45, 7) is 5.96. The first-order valence-electron chi connectivity index (χ1n) is 14.1. The van der Waals surface area contributed by atoms with Crippen LogP contribution in [-0.2, 0) is 15.4 Å². The lowest BCUT2D eigenvalue weighted by Gasteiger charge is -2.24. The number of carbonyl (C=O) groups excluding carboxylic acids is 1. The molecule has 2 amide bonds. The second kappa shape index (κ2) is 12.7. The molecule has 232 valence electrons. The molecule has 45 heavy (non-hydrogen) atoms. The summed E-state index contributed by atoms with van der Waals surface area (Å²) in [5.41, 5.74) is 1.53. The number of carbonyl (C=O) groups is 1. The summed E-state index contributed by atoms with van der Waals surface area (Å²) >= 11 is 0. The summed E-state index contributed by atoms with van der Waals surface area (Å²) in [5, 5.41) is 7.25. The molecule has 10 nitrogen and oxygen atoms in total. The van der Waals surface area contributed by atoms with Gasteiger partial charge in [0.15, 0.2) is 5.75 Å². The molecule has 0 aliphatic rings. The van der Waals surface area contributed by atoms with Gasteiger partial charge in [0.05, 0.1) is 30.4 Å². The van der Waals surface area contributed by atoms with Gasteiger partial charge in [-0.05, 0) is 53.4 Å². The Morgan fingerprint density at radius 3 is 2.11 bits per heavy atom. The number of anilines is 3. The number of aromatic nitrogens is 1. The van der Waals surface area contributed by atoms with Crippen LogP contribution < -0.4 is 29.6 Å². The summed E-state index contributed by atoms with van der Waals surface area (Å²) in [7, 11) is -2.20. The molecular formula is C34H34N4O6S. The molecule has 1 heterocycles. The van der Waals surface area contributed by atoms with Crippen LogP contribution in [0.2, 0.25) is 0 Å². The van der Waals surface area contributed by atoms with Gasteiger partial charge in [-0.15, -0.1) is 0 Å². The van der Waals surface area contributed by atoms with Crippen LogP contribution in [0.1, 0.15) is 26.3 Å². The van der Waals surface area contributed by atoms with E-state index in [1.165, 1.54) is 7.11 Å². The second-order valence-electron chi connectivity index (χ2n) is 11.3. The minimum absolute atomic E-state index is 0.185. The molecule has 3 N–H and O–H groups in total. The van der Waals surface area contributed by atoms with Crippen LogP contribution in [-0.4, -0.2) is 32.8 Å². The first kappa shape index (κ1) is 31.1. The molecular weight excluding hydrogens is 592 g/mol. The monoisotopic (exact) mass is 626 g/mol. The normalized spacial score (nSPS) is 11.5. The molecule has 1 aromatic heterocycles. The van der Waals surface area contributed by atoms with E-state index in [4.69, 9.17) is 14.2 Å². The number of nitrogens with zero attached hydrogens (tertiary/aromatic N) is 1. The minimum Gasteiger partial charge on any atom is -0.492 e. The quantitative estimate of drug-likeness (QED) is 0.151. The van der Waals surface area contributed by atoms with Crippen LogP contribution >= 0.6 is 0 Å². The molecule has 0 saturated carbocycles. The Balaban J connectivity index is 1.40. The van der Waals surface area contributed by atoms with Crippen molar-refractivity contribution in [2.24, 2.45) is 0 Å². The van der Waals surface area contributed by atoms with Gasteiger partial charge in [0.2, 0.25) is 15.9 Å². The number of benzene rings is 4. The molecule has 0 unspecified atom stereocenters. The Kier molecular flexibility index (Phi) is 8.82. The SMILES string of the molecule is COc1c(NC(=O)Nc2ccc(Oc3ccnc(Oc4ccccc4)c3)c3ccccc23)cc(C(C)(C)C)cc1NS(C)(=O)=O. The van der Waals surface area contributed by atoms with E-state index in [9.17, 15) is 13.2 Å². The Morgan fingerprint density at radius 2 is 1.42 bits per heavy atom. The standard InChI is InChI=1S/C34H34N4O6S/c1-34(2,3)22-19-28(32(42-4)29(20-22)38-45(5,40)41)37-33(39)36-27-15-16-30(26-14-10-9-13-25(26)27)43-24-17-18-35-31(21-24)44-23-11-7-6-8-12-23/h6-21,38H,1-5H3,(H2,36,37,39). The maximum atomic E-state index is 13.3. The number of methoxy groups -OCH3 is 1. The van der Waals surface area contributed by atoms with Gasteiger partial charge in [-0.2, -0.15) is 0 Å². The molecule has 0 atom stereocenters. The van der Waals surface area contributed by atoms with Crippen LogP contribution in [0.15, 0.2) is 97.2 Å². The van der Waals surface area contributed by atoms with Crippen molar-refractivity contribution in [1.82, 2.24) is 4.98 Å². The summed E-state index contributed by atoms with van der Waals surface area (Å²) in [6.07, 6.45) is 2.66. The fourth-order valence-electron chi connectivity index (χ4n) is 4.64. The second-order valence-corrected chi connectivity index (χ2v) is 13.1. The predicted molar refractivity (Wildman–Crippen MR) is 178 cm³/mol.